The summed E-state index contributed by atoms with van der Waals surface area (Å²) in [5, 5.41) is 8.42. The maximum Gasteiger partial charge on any atom is 0.335 e. The van der Waals surface area contributed by atoms with Crippen LogP contribution in [0, 0.1) is 0 Å². The monoisotopic (exact) mass is 403 g/mol. The molecule has 122 valence electrons. The molecule has 0 saturated carbocycles. The van der Waals surface area contributed by atoms with E-state index in [0.29, 0.717) is 0 Å². The molecule has 2 aromatic carbocycles. The van der Waals surface area contributed by atoms with Crippen molar-refractivity contribution in [2.24, 2.45) is 0 Å². The minimum Gasteiger partial charge on any atom is -0.478 e. The van der Waals surface area contributed by atoms with Crippen LogP contribution in [0.2, 0.25) is 20.1 Å². The van der Waals surface area contributed by atoms with E-state index in [-0.39, 0.29) is 42.5 Å². The first-order valence-electron chi connectivity index (χ1n) is 6.33. The highest BCUT2D eigenvalue weighted by Gasteiger charge is 2.42. The Labute approximate surface area is 155 Å². The topological polar surface area (TPSA) is 74.7 Å². The van der Waals surface area contributed by atoms with Gasteiger partial charge in [0.25, 0.3) is 11.8 Å². The van der Waals surface area contributed by atoms with E-state index in [1.807, 2.05) is 0 Å². The van der Waals surface area contributed by atoms with Gasteiger partial charge in [0, 0.05) is 0 Å². The number of carbonyl (C=O) groups is 3. The molecule has 0 atom stereocenters. The van der Waals surface area contributed by atoms with Crippen LogP contribution in [-0.2, 0) is 0 Å². The number of benzene rings is 2. The molecular weight excluding hydrogens is 400 g/mol. The van der Waals surface area contributed by atoms with Gasteiger partial charge in [0.15, 0.2) is 0 Å². The number of amides is 2. The number of anilines is 1. The highest BCUT2D eigenvalue weighted by Crippen LogP contribution is 2.45. The van der Waals surface area contributed by atoms with Crippen LogP contribution in [0.3, 0.4) is 0 Å². The van der Waals surface area contributed by atoms with Gasteiger partial charge in [-0.15, -0.1) is 0 Å². The second-order valence-corrected chi connectivity index (χ2v) is 6.32. The first kappa shape index (κ1) is 17.0. The van der Waals surface area contributed by atoms with Gasteiger partial charge >= 0.3 is 5.97 Å². The zero-order chi connectivity index (χ0) is 17.8. The summed E-state index contributed by atoms with van der Waals surface area (Å²) in [5.41, 5.74) is -0.346. The maximum absolute atomic E-state index is 12.6. The third-order valence-electron chi connectivity index (χ3n) is 3.45. The van der Waals surface area contributed by atoms with E-state index in [1.54, 1.807) is 0 Å². The Morgan fingerprint density at radius 1 is 0.875 bits per heavy atom. The normalized spacial score (nSPS) is 13.4. The van der Waals surface area contributed by atoms with Crippen molar-refractivity contribution in [3.8, 4) is 0 Å². The molecule has 2 amide bonds. The first-order chi connectivity index (χ1) is 11.3. The summed E-state index contributed by atoms with van der Waals surface area (Å²) in [7, 11) is 0. The number of halogens is 4. The maximum atomic E-state index is 12.6. The van der Waals surface area contributed by atoms with Crippen LogP contribution >= 0.6 is 46.4 Å². The molecule has 24 heavy (non-hydrogen) atoms. The number of rotatable bonds is 2. The Morgan fingerprint density at radius 2 is 1.38 bits per heavy atom. The molecule has 0 spiro atoms. The molecule has 0 bridgehead atoms. The van der Waals surface area contributed by atoms with Crippen LogP contribution in [0.25, 0.3) is 0 Å². The number of hydrogen-bond acceptors (Lipinski definition) is 3. The third-order valence-corrected chi connectivity index (χ3v) is 5.25. The average Bonchev–Trinajstić information content (AvgIpc) is 2.82. The minimum atomic E-state index is -1.20. The van der Waals surface area contributed by atoms with Crippen LogP contribution in [0.1, 0.15) is 31.1 Å². The fraction of sp³-hybridized carbons (Fsp3) is 0. The number of carboxylic acids is 1. The fourth-order valence-electron chi connectivity index (χ4n) is 2.36. The van der Waals surface area contributed by atoms with Gasteiger partial charge in [-0.05, 0) is 18.2 Å². The van der Waals surface area contributed by atoms with E-state index in [2.05, 4.69) is 0 Å². The molecule has 2 aromatic rings. The van der Waals surface area contributed by atoms with E-state index < -0.39 is 17.8 Å². The van der Waals surface area contributed by atoms with Gasteiger partial charge in [0.1, 0.15) is 0 Å². The van der Waals surface area contributed by atoms with Crippen LogP contribution in [-0.4, -0.2) is 22.9 Å². The van der Waals surface area contributed by atoms with Gasteiger partial charge in [0.05, 0.1) is 42.5 Å². The quantitative estimate of drug-likeness (QED) is 0.443. The summed E-state index contributed by atoms with van der Waals surface area (Å²) in [4.78, 5) is 37.1. The molecule has 0 unspecified atom stereocenters. The number of carboxylic acid groups (broad SMARTS) is 1. The summed E-state index contributed by atoms with van der Waals surface area (Å²) in [5.74, 6) is -2.72. The average molecular weight is 405 g/mol. The Hall–Kier alpha value is -1.79. The van der Waals surface area contributed by atoms with E-state index in [4.69, 9.17) is 51.5 Å². The molecule has 9 heteroatoms. The second-order valence-electron chi connectivity index (χ2n) is 4.81. The Bertz CT molecular complexity index is 895. The zero-order valence-electron chi connectivity index (χ0n) is 11.4. The molecule has 3 rings (SSSR count). The lowest BCUT2D eigenvalue weighted by atomic mass is 10.1. The number of aromatic carboxylic acids is 1. The van der Waals surface area contributed by atoms with Gasteiger partial charge in [-0.1, -0.05) is 52.5 Å². The van der Waals surface area contributed by atoms with E-state index in [0.717, 1.165) is 4.90 Å². The Morgan fingerprint density at radius 3 is 1.83 bits per heavy atom. The largest absolute Gasteiger partial charge is 0.478 e. The predicted octanol–water partition coefficient (Wildman–Crippen LogP) is 4.80. The van der Waals surface area contributed by atoms with Gasteiger partial charge < -0.3 is 5.11 Å². The van der Waals surface area contributed by atoms with Crippen molar-refractivity contribution in [1.29, 1.82) is 0 Å². The summed E-state index contributed by atoms with van der Waals surface area (Å²) in [6.45, 7) is 0. The molecule has 1 aliphatic heterocycles. The lowest BCUT2D eigenvalue weighted by Crippen LogP contribution is -2.29. The van der Waals surface area contributed by atoms with Crippen LogP contribution in [0.4, 0.5) is 5.69 Å². The van der Waals surface area contributed by atoms with Crippen LogP contribution in [0.5, 0.6) is 0 Å². The first-order valence-corrected chi connectivity index (χ1v) is 7.85. The van der Waals surface area contributed by atoms with E-state index in [9.17, 15) is 14.4 Å². The highest BCUT2D eigenvalue weighted by atomic mass is 35.5. The second kappa shape index (κ2) is 5.93. The highest BCUT2D eigenvalue weighted by molar-refractivity contribution is 6.56. The lowest BCUT2D eigenvalue weighted by Gasteiger charge is -2.14. The number of carbonyl (C=O) groups excluding carboxylic acids is 2. The molecular formula is C15H5Cl4NO4. The summed E-state index contributed by atoms with van der Waals surface area (Å²) in [6, 6.07) is 5.34. The van der Waals surface area contributed by atoms with Gasteiger partial charge in [-0.2, -0.15) is 0 Å². The number of fused-ring (bicyclic) bond motifs is 1. The summed E-state index contributed by atoms with van der Waals surface area (Å²) >= 11 is 23.9. The van der Waals surface area contributed by atoms with E-state index in [1.165, 1.54) is 24.3 Å². The van der Waals surface area contributed by atoms with Gasteiger partial charge in [-0.3, -0.25) is 9.59 Å². The van der Waals surface area contributed by atoms with Gasteiger partial charge in [-0.25, -0.2) is 9.69 Å². The fourth-order valence-corrected chi connectivity index (χ4v) is 3.38. The van der Waals surface area contributed by atoms with Crippen molar-refractivity contribution >= 4 is 69.9 Å². The van der Waals surface area contributed by atoms with Crippen molar-refractivity contribution in [3.63, 3.8) is 0 Å². The summed E-state index contributed by atoms with van der Waals surface area (Å²) < 4.78 is 0. The molecule has 5 nitrogen and oxygen atoms in total. The number of nitrogens with zero attached hydrogens (tertiary/aromatic N) is 1. The van der Waals surface area contributed by atoms with Crippen LogP contribution in [0.15, 0.2) is 24.3 Å². The molecule has 1 aliphatic rings. The van der Waals surface area contributed by atoms with Crippen LogP contribution < -0.4 is 4.90 Å². The smallest absolute Gasteiger partial charge is 0.335 e. The SMILES string of the molecule is O=C(O)c1cccc(N2C(=O)c3c(Cl)c(Cl)c(Cl)c(Cl)c3C2=O)c1. The van der Waals surface area contributed by atoms with Crippen molar-refractivity contribution in [1.82, 2.24) is 0 Å². The van der Waals surface area contributed by atoms with Crippen molar-refractivity contribution < 1.29 is 19.5 Å². The third kappa shape index (κ3) is 2.36. The van der Waals surface area contributed by atoms with E-state index >= 15 is 0 Å². The zero-order valence-corrected chi connectivity index (χ0v) is 14.5. The Balaban J connectivity index is 2.22. The van der Waals surface area contributed by atoms with Crippen molar-refractivity contribution in [2.75, 3.05) is 4.90 Å². The molecule has 0 fully saturated rings. The molecule has 0 radical (unpaired) electrons. The molecule has 0 saturated heterocycles. The molecule has 0 aromatic heterocycles. The molecule has 1 heterocycles. The van der Waals surface area contributed by atoms with Gasteiger partial charge in [0.2, 0.25) is 0 Å². The number of imide groups is 1. The van der Waals surface area contributed by atoms with Crippen molar-refractivity contribution in [2.45, 2.75) is 0 Å². The Kier molecular flexibility index (Phi) is 4.21. The molecule has 0 aliphatic carbocycles. The van der Waals surface area contributed by atoms with Crippen molar-refractivity contribution in [3.05, 3.63) is 61.0 Å². The predicted molar refractivity (Wildman–Crippen MR) is 91.0 cm³/mol. The molecule has 1 N–H and O–H groups in total. The standard InChI is InChI=1S/C15H5Cl4NO4/c16-9-7-8(10(17)12(19)11(9)18)14(22)20(13(7)21)6-3-1-2-5(4-6)15(23)24/h1-4H,(H,23,24). The number of hydrogen-bond donors (Lipinski definition) is 1. The lowest BCUT2D eigenvalue weighted by molar-refractivity contribution is 0.0695. The minimum absolute atomic E-state index is 0.0699. The summed E-state index contributed by atoms with van der Waals surface area (Å²) in [6.07, 6.45) is 0.